The normalized spacial score (nSPS) is 12.8. The minimum atomic E-state index is -0.500. The Morgan fingerprint density at radius 3 is 1.36 bits per heavy atom. The predicted molar refractivity (Wildman–Crippen MR) is 188 cm³/mol. The molecule has 0 radical (unpaired) electrons. The highest BCUT2D eigenvalue weighted by atomic mass is 79.9. The molecule has 44 heavy (non-hydrogen) atoms. The molecule has 1 aliphatic rings. The first-order valence-corrected chi connectivity index (χ1v) is 15.8. The summed E-state index contributed by atoms with van der Waals surface area (Å²) < 4.78 is 1.08. The third kappa shape index (κ3) is 4.27. The molecule has 1 aliphatic carbocycles. The van der Waals surface area contributed by atoms with Crippen LogP contribution in [-0.4, -0.2) is 0 Å². The van der Waals surface area contributed by atoms with Gasteiger partial charge in [-0.1, -0.05) is 168 Å². The summed E-state index contributed by atoms with van der Waals surface area (Å²) in [6.45, 7) is 0. The van der Waals surface area contributed by atoms with Crippen molar-refractivity contribution in [3.05, 3.63) is 203 Å². The zero-order chi connectivity index (χ0) is 29.5. The summed E-state index contributed by atoms with van der Waals surface area (Å²) >= 11 is 3.85. The maximum Gasteiger partial charge on any atom is 0.0719 e. The predicted octanol–water partition coefficient (Wildman–Crippen LogP) is 11.8. The van der Waals surface area contributed by atoms with E-state index in [1.165, 1.54) is 66.8 Å². The van der Waals surface area contributed by atoms with Crippen LogP contribution in [0.15, 0.2) is 180 Å². The van der Waals surface area contributed by atoms with Crippen LogP contribution < -0.4 is 0 Å². The third-order valence-electron chi connectivity index (χ3n) is 9.01. The van der Waals surface area contributed by atoms with Gasteiger partial charge < -0.3 is 0 Å². The molecule has 0 aliphatic heterocycles. The lowest BCUT2D eigenvalue weighted by Gasteiger charge is -2.35. The molecule has 208 valence electrons. The maximum absolute atomic E-state index is 3.85. The van der Waals surface area contributed by atoms with Crippen molar-refractivity contribution in [1.82, 2.24) is 0 Å². The summed E-state index contributed by atoms with van der Waals surface area (Å²) in [5.41, 5.74) is 14.5. The Kier molecular flexibility index (Phi) is 6.62. The molecule has 0 heterocycles. The van der Waals surface area contributed by atoms with Gasteiger partial charge in [0.05, 0.1) is 5.41 Å². The van der Waals surface area contributed by atoms with E-state index in [1.807, 2.05) is 0 Å². The maximum atomic E-state index is 3.85. The monoisotopic (exact) mass is 624 g/mol. The number of benzene rings is 7. The molecule has 0 spiro atoms. The Balaban J connectivity index is 1.49. The lowest BCUT2D eigenvalue weighted by atomic mass is 9.66. The minimum Gasteiger partial charge on any atom is -0.0622 e. The number of hydrogen-bond acceptors (Lipinski definition) is 0. The Hall–Kier alpha value is -4.98. The van der Waals surface area contributed by atoms with E-state index in [4.69, 9.17) is 0 Å². The van der Waals surface area contributed by atoms with Crippen LogP contribution in [0.25, 0.3) is 44.5 Å². The summed E-state index contributed by atoms with van der Waals surface area (Å²) in [6, 6.07) is 64.2. The van der Waals surface area contributed by atoms with E-state index in [-0.39, 0.29) is 0 Å². The van der Waals surface area contributed by atoms with E-state index < -0.39 is 5.41 Å². The molecule has 0 amide bonds. The second-order valence-electron chi connectivity index (χ2n) is 11.4. The van der Waals surface area contributed by atoms with E-state index in [0.29, 0.717) is 0 Å². The SMILES string of the molecule is Brc1ccc2c(c1)C(c1ccccc1)(c1ccccc1)c1c(-c3ccc(-c4ccccc4)cc3)cc(-c3ccccc3)cc1-2. The molecular weight excluding hydrogens is 596 g/mol. The second-order valence-corrected chi connectivity index (χ2v) is 12.3. The van der Waals surface area contributed by atoms with Crippen LogP contribution in [-0.2, 0) is 5.41 Å². The van der Waals surface area contributed by atoms with Crippen LogP contribution in [0.5, 0.6) is 0 Å². The lowest BCUT2D eigenvalue weighted by molar-refractivity contribution is 0.770. The number of rotatable bonds is 5. The van der Waals surface area contributed by atoms with Crippen molar-refractivity contribution in [2.75, 3.05) is 0 Å². The van der Waals surface area contributed by atoms with Crippen molar-refractivity contribution in [3.63, 3.8) is 0 Å². The molecular formula is C43H29Br. The molecule has 0 saturated heterocycles. The van der Waals surface area contributed by atoms with Gasteiger partial charge in [-0.2, -0.15) is 0 Å². The molecule has 0 saturated carbocycles. The number of fused-ring (bicyclic) bond motifs is 3. The van der Waals surface area contributed by atoms with Crippen LogP contribution in [0, 0.1) is 0 Å². The summed E-state index contributed by atoms with van der Waals surface area (Å²) in [6.07, 6.45) is 0. The topological polar surface area (TPSA) is 0 Å². The van der Waals surface area contributed by atoms with E-state index in [9.17, 15) is 0 Å². The van der Waals surface area contributed by atoms with E-state index in [0.717, 1.165) is 4.47 Å². The zero-order valence-corrected chi connectivity index (χ0v) is 25.7. The van der Waals surface area contributed by atoms with Crippen LogP contribution in [0.1, 0.15) is 22.3 Å². The van der Waals surface area contributed by atoms with Gasteiger partial charge in [0.1, 0.15) is 0 Å². The molecule has 0 bridgehead atoms. The first kappa shape index (κ1) is 26.6. The van der Waals surface area contributed by atoms with Gasteiger partial charge in [0, 0.05) is 4.47 Å². The molecule has 0 fully saturated rings. The summed E-state index contributed by atoms with van der Waals surface area (Å²) in [4.78, 5) is 0. The van der Waals surface area contributed by atoms with Crippen molar-refractivity contribution in [1.29, 1.82) is 0 Å². The Labute approximate surface area is 267 Å². The molecule has 1 heteroatoms. The third-order valence-corrected chi connectivity index (χ3v) is 9.51. The highest BCUT2D eigenvalue weighted by Gasteiger charge is 2.48. The second kappa shape index (κ2) is 10.9. The van der Waals surface area contributed by atoms with Crippen molar-refractivity contribution >= 4 is 15.9 Å². The van der Waals surface area contributed by atoms with Crippen molar-refractivity contribution in [2.45, 2.75) is 5.41 Å². The largest absolute Gasteiger partial charge is 0.0719 e. The van der Waals surface area contributed by atoms with E-state index >= 15 is 0 Å². The average Bonchev–Trinajstić information content (AvgIpc) is 3.39. The fourth-order valence-electron chi connectivity index (χ4n) is 7.10. The van der Waals surface area contributed by atoms with Gasteiger partial charge >= 0.3 is 0 Å². The quantitative estimate of drug-likeness (QED) is 0.179. The highest BCUT2D eigenvalue weighted by molar-refractivity contribution is 9.10. The molecule has 0 aromatic heterocycles. The first-order chi connectivity index (χ1) is 21.7. The molecule has 7 aromatic carbocycles. The molecule has 7 aromatic rings. The Morgan fingerprint density at radius 2 is 0.795 bits per heavy atom. The lowest BCUT2D eigenvalue weighted by Crippen LogP contribution is -2.29. The first-order valence-electron chi connectivity index (χ1n) is 15.0. The van der Waals surface area contributed by atoms with Crippen molar-refractivity contribution in [3.8, 4) is 44.5 Å². The number of halogens is 1. The Morgan fingerprint density at radius 1 is 0.341 bits per heavy atom. The van der Waals surface area contributed by atoms with Gasteiger partial charge in [0.15, 0.2) is 0 Å². The summed E-state index contributed by atoms with van der Waals surface area (Å²) in [5.74, 6) is 0. The molecule has 8 rings (SSSR count). The van der Waals surface area contributed by atoms with Gasteiger partial charge in [0.25, 0.3) is 0 Å². The van der Waals surface area contributed by atoms with E-state index in [2.05, 4.69) is 192 Å². The molecule has 0 atom stereocenters. The zero-order valence-electron chi connectivity index (χ0n) is 24.1. The van der Waals surface area contributed by atoms with Crippen LogP contribution >= 0.6 is 15.9 Å². The summed E-state index contributed by atoms with van der Waals surface area (Å²) in [5, 5.41) is 0. The molecule has 0 nitrogen and oxygen atoms in total. The van der Waals surface area contributed by atoms with Gasteiger partial charge in [-0.25, -0.2) is 0 Å². The molecule has 0 N–H and O–H groups in total. The molecule has 0 unspecified atom stereocenters. The number of hydrogen-bond donors (Lipinski definition) is 0. The van der Waals surface area contributed by atoms with Crippen molar-refractivity contribution < 1.29 is 0 Å². The van der Waals surface area contributed by atoms with Gasteiger partial charge in [0.2, 0.25) is 0 Å². The minimum absolute atomic E-state index is 0.500. The van der Waals surface area contributed by atoms with Crippen LogP contribution in [0.3, 0.4) is 0 Å². The fourth-order valence-corrected chi connectivity index (χ4v) is 7.46. The fraction of sp³-hybridized carbons (Fsp3) is 0.0233. The summed E-state index contributed by atoms with van der Waals surface area (Å²) in [7, 11) is 0. The van der Waals surface area contributed by atoms with Gasteiger partial charge in [-0.3, -0.25) is 0 Å². The smallest absolute Gasteiger partial charge is 0.0622 e. The van der Waals surface area contributed by atoms with Crippen LogP contribution in [0.2, 0.25) is 0 Å². The Bertz CT molecular complexity index is 2040. The van der Waals surface area contributed by atoms with Gasteiger partial charge in [-0.05, 0) is 91.0 Å². The average molecular weight is 626 g/mol. The van der Waals surface area contributed by atoms with Crippen molar-refractivity contribution in [2.24, 2.45) is 0 Å². The van der Waals surface area contributed by atoms with Gasteiger partial charge in [-0.15, -0.1) is 0 Å². The van der Waals surface area contributed by atoms with E-state index in [1.54, 1.807) is 0 Å². The highest BCUT2D eigenvalue weighted by Crippen LogP contribution is 2.60. The standard InChI is InChI=1S/C43H29Br/c44-37-25-26-38-40-28-34(31-15-7-2-8-16-31)27-39(33-23-21-32(22-24-33)30-13-5-1-6-14-30)42(40)43(41(38)29-37,35-17-9-3-10-18-35)36-19-11-4-12-20-36/h1-29H. The van der Waals surface area contributed by atoms with Crippen LogP contribution in [0.4, 0.5) is 0 Å².